The summed E-state index contributed by atoms with van der Waals surface area (Å²) in [6.45, 7) is 4.85. The Morgan fingerprint density at radius 2 is 0.655 bits per heavy atom. The second-order valence-corrected chi connectivity index (χ2v) is 6.18. The average molecular weight is 404 g/mol. The Kier molecular flexibility index (Phi) is 9.43. The molecule has 0 saturated carbocycles. The summed E-state index contributed by atoms with van der Waals surface area (Å²) in [5, 5.41) is 0. The van der Waals surface area contributed by atoms with Crippen LogP contribution in [-0.4, -0.2) is 66.1 Å². The zero-order valence-electron chi connectivity index (χ0n) is 16.5. The lowest BCUT2D eigenvalue weighted by Gasteiger charge is -2.11. The fourth-order valence-electron chi connectivity index (χ4n) is 2.61. The molecule has 7 nitrogen and oxygen atoms in total. The quantitative estimate of drug-likeness (QED) is 0.669. The summed E-state index contributed by atoms with van der Waals surface area (Å²) in [6, 6.07) is 15.0. The smallest absolute Gasteiger partial charge is 0.123 e. The summed E-state index contributed by atoms with van der Waals surface area (Å²) in [7, 11) is 0. The summed E-state index contributed by atoms with van der Waals surface area (Å²) in [5.74, 6) is 2.94. The van der Waals surface area contributed by atoms with E-state index in [0.29, 0.717) is 66.1 Å². The molecule has 2 aromatic rings. The molecule has 0 amide bonds. The van der Waals surface area contributed by atoms with Crippen LogP contribution in [0, 0.1) is 0 Å². The van der Waals surface area contributed by atoms with Gasteiger partial charge in [0.25, 0.3) is 0 Å². The maximum atomic E-state index is 5.74. The van der Waals surface area contributed by atoms with Crippen molar-refractivity contribution < 1.29 is 33.2 Å². The van der Waals surface area contributed by atoms with Crippen molar-refractivity contribution in [2.45, 2.75) is 0 Å². The summed E-state index contributed by atoms with van der Waals surface area (Å²) in [4.78, 5) is 0. The first-order valence-corrected chi connectivity index (χ1v) is 9.85. The van der Waals surface area contributed by atoms with Gasteiger partial charge in [-0.3, -0.25) is 0 Å². The minimum absolute atomic E-state index is 0.422. The van der Waals surface area contributed by atoms with Crippen molar-refractivity contribution in [3.63, 3.8) is 0 Å². The van der Waals surface area contributed by atoms with Crippen LogP contribution in [0.2, 0.25) is 0 Å². The van der Waals surface area contributed by atoms with Gasteiger partial charge in [-0.2, -0.15) is 0 Å². The van der Waals surface area contributed by atoms with Crippen molar-refractivity contribution in [2.75, 3.05) is 66.1 Å². The van der Waals surface area contributed by atoms with Crippen LogP contribution in [0.5, 0.6) is 23.0 Å². The first kappa shape index (κ1) is 21.2. The summed E-state index contributed by atoms with van der Waals surface area (Å²) in [6.07, 6.45) is 0. The monoisotopic (exact) mass is 404 g/mol. The number of hydrogen-bond donors (Lipinski definition) is 0. The molecule has 1 aliphatic rings. The van der Waals surface area contributed by atoms with E-state index >= 15 is 0 Å². The van der Waals surface area contributed by atoms with Crippen LogP contribution in [0.1, 0.15) is 0 Å². The first-order chi connectivity index (χ1) is 14.4. The molecule has 0 aliphatic carbocycles. The van der Waals surface area contributed by atoms with E-state index in [9.17, 15) is 0 Å². The van der Waals surface area contributed by atoms with Gasteiger partial charge in [-0.05, 0) is 24.3 Å². The molecule has 3 rings (SSSR count). The Morgan fingerprint density at radius 1 is 0.379 bits per heavy atom. The third kappa shape index (κ3) is 8.60. The predicted molar refractivity (Wildman–Crippen MR) is 107 cm³/mol. The zero-order valence-corrected chi connectivity index (χ0v) is 16.5. The molecular weight excluding hydrogens is 376 g/mol. The summed E-state index contributed by atoms with van der Waals surface area (Å²) in [5.41, 5.74) is 0. The van der Waals surface area contributed by atoms with Crippen molar-refractivity contribution in [3.05, 3.63) is 48.5 Å². The van der Waals surface area contributed by atoms with Crippen molar-refractivity contribution in [1.29, 1.82) is 0 Å². The van der Waals surface area contributed by atoms with Crippen molar-refractivity contribution in [2.24, 2.45) is 0 Å². The average Bonchev–Trinajstić information content (AvgIpc) is 2.74. The second-order valence-electron chi connectivity index (χ2n) is 6.18. The maximum absolute atomic E-state index is 5.74. The standard InChI is InChI=1S/C22H28O7/c1-3-19-17-21(5-1)28-15-16-29-22-6-2-4-20(18-22)27-14-12-25-10-8-23-7-9-24-11-13-26-19/h1-6,17-18H,7-16H2. The van der Waals surface area contributed by atoms with Gasteiger partial charge in [-0.15, -0.1) is 0 Å². The Labute approximate surface area is 171 Å². The fraction of sp³-hybridized carbons (Fsp3) is 0.455. The number of ether oxygens (including phenoxy) is 7. The number of fused-ring (bicyclic) bond motifs is 4. The number of hydrogen-bond acceptors (Lipinski definition) is 7. The zero-order chi connectivity index (χ0) is 20.0. The SMILES string of the molecule is c1cc2cc(c1)OCCOc1cccc(c1)OCCOCCOCCOCCO2. The van der Waals surface area contributed by atoms with Crippen LogP contribution in [-0.2, 0) is 14.2 Å². The second kappa shape index (κ2) is 12.9. The lowest BCUT2D eigenvalue weighted by Crippen LogP contribution is -2.14. The minimum Gasteiger partial charge on any atom is -0.491 e. The van der Waals surface area contributed by atoms with E-state index in [2.05, 4.69) is 0 Å². The van der Waals surface area contributed by atoms with Crippen molar-refractivity contribution >= 4 is 0 Å². The molecule has 0 atom stereocenters. The normalized spacial score (nSPS) is 17.7. The first-order valence-electron chi connectivity index (χ1n) is 9.85. The highest BCUT2D eigenvalue weighted by atomic mass is 16.6. The van der Waals surface area contributed by atoms with Gasteiger partial charge in [0.1, 0.15) is 49.4 Å². The van der Waals surface area contributed by atoms with Gasteiger partial charge in [-0.1, -0.05) is 12.1 Å². The molecule has 158 valence electrons. The van der Waals surface area contributed by atoms with E-state index in [0.717, 1.165) is 23.0 Å². The molecule has 0 N–H and O–H groups in total. The molecule has 7 heteroatoms. The third-order valence-corrected chi connectivity index (χ3v) is 3.97. The maximum Gasteiger partial charge on any atom is 0.123 e. The topological polar surface area (TPSA) is 64.6 Å². The van der Waals surface area contributed by atoms with E-state index in [1.807, 2.05) is 48.5 Å². The van der Waals surface area contributed by atoms with E-state index in [4.69, 9.17) is 33.2 Å². The molecule has 2 aromatic carbocycles. The highest BCUT2D eigenvalue weighted by molar-refractivity contribution is 5.33. The van der Waals surface area contributed by atoms with Gasteiger partial charge in [0.05, 0.1) is 39.6 Å². The van der Waals surface area contributed by atoms with Gasteiger partial charge in [0.15, 0.2) is 0 Å². The summed E-state index contributed by atoms with van der Waals surface area (Å²) >= 11 is 0. The van der Waals surface area contributed by atoms with Gasteiger partial charge in [-0.25, -0.2) is 0 Å². The van der Waals surface area contributed by atoms with Crippen molar-refractivity contribution in [3.8, 4) is 23.0 Å². The molecule has 0 spiro atoms. The predicted octanol–water partition coefficient (Wildman–Crippen LogP) is 2.97. The summed E-state index contributed by atoms with van der Waals surface area (Å²) < 4.78 is 39.3. The van der Waals surface area contributed by atoms with Crippen LogP contribution in [0.15, 0.2) is 48.5 Å². The van der Waals surface area contributed by atoms with Crippen LogP contribution in [0.3, 0.4) is 0 Å². The molecule has 4 bridgehead atoms. The lowest BCUT2D eigenvalue weighted by molar-refractivity contribution is 0.00498. The van der Waals surface area contributed by atoms with E-state index < -0.39 is 0 Å². The molecule has 0 saturated heterocycles. The van der Waals surface area contributed by atoms with Crippen molar-refractivity contribution in [1.82, 2.24) is 0 Å². The van der Waals surface area contributed by atoms with E-state index in [1.165, 1.54) is 0 Å². The highest BCUT2D eigenvalue weighted by Gasteiger charge is 2.02. The van der Waals surface area contributed by atoms with E-state index in [-0.39, 0.29) is 0 Å². The van der Waals surface area contributed by atoms with Crippen LogP contribution in [0.25, 0.3) is 0 Å². The molecular formula is C22H28O7. The molecule has 0 radical (unpaired) electrons. The van der Waals surface area contributed by atoms with Crippen LogP contribution < -0.4 is 18.9 Å². The highest BCUT2D eigenvalue weighted by Crippen LogP contribution is 2.21. The van der Waals surface area contributed by atoms with Gasteiger partial charge < -0.3 is 33.2 Å². The minimum atomic E-state index is 0.422. The Balaban J connectivity index is 1.51. The van der Waals surface area contributed by atoms with Crippen LogP contribution >= 0.6 is 0 Å². The molecule has 0 fully saturated rings. The Hall–Kier alpha value is -2.48. The van der Waals surface area contributed by atoms with Gasteiger partial charge >= 0.3 is 0 Å². The Bertz CT molecular complexity index is 648. The fourth-order valence-corrected chi connectivity index (χ4v) is 2.61. The Morgan fingerprint density at radius 3 is 1.00 bits per heavy atom. The van der Waals surface area contributed by atoms with Gasteiger partial charge in [0.2, 0.25) is 0 Å². The molecule has 1 aliphatic heterocycles. The van der Waals surface area contributed by atoms with Crippen LogP contribution in [0.4, 0.5) is 0 Å². The molecule has 0 aromatic heterocycles. The molecule has 1 heterocycles. The number of benzene rings is 2. The van der Waals surface area contributed by atoms with E-state index in [1.54, 1.807) is 0 Å². The molecule has 0 unspecified atom stereocenters. The molecule has 29 heavy (non-hydrogen) atoms. The largest absolute Gasteiger partial charge is 0.491 e. The number of rotatable bonds is 0. The third-order valence-electron chi connectivity index (χ3n) is 3.97. The van der Waals surface area contributed by atoms with Gasteiger partial charge in [0, 0.05) is 12.1 Å². The lowest BCUT2D eigenvalue weighted by atomic mass is 10.3.